The van der Waals surface area contributed by atoms with Crippen LogP contribution in [0.25, 0.3) is 0 Å². The highest BCUT2D eigenvalue weighted by atomic mass is 35.5. The molecule has 0 saturated heterocycles. The quantitative estimate of drug-likeness (QED) is 0.590. The number of ether oxygens (including phenoxy) is 3. The molecule has 0 spiro atoms. The van der Waals surface area contributed by atoms with E-state index < -0.39 is 5.97 Å². The molecule has 0 aliphatic rings. The predicted octanol–water partition coefficient (Wildman–Crippen LogP) is 4.44. The Balaban J connectivity index is 1.95. The summed E-state index contributed by atoms with van der Waals surface area (Å²) in [6.45, 7) is 4.32. The molecule has 2 aromatic rings. The first kappa shape index (κ1) is 23.0. The van der Waals surface area contributed by atoms with Crippen LogP contribution in [0.15, 0.2) is 36.4 Å². The van der Waals surface area contributed by atoms with Crippen molar-refractivity contribution in [2.24, 2.45) is 5.92 Å². The molecule has 0 saturated carbocycles. The number of nitrogens with one attached hydrogen (secondary N) is 1. The van der Waals surface area contributed by atoms with Gasteiger partial charge in [0.25, 0.3) is 0 Å². The molecule has 0 aliphatic heterocycles. The summed E-state index contributed by atoms with van der Waals surface area (Å²) in [5.74, 6) is -0.0445. The van der Waals surface area contributed by atoms with Gasteiger partial charge >= 0.3 is 5.97 Å². The van der Waals surface area contributed by atoms with Gasteiger partial charge in [0.2, 0.25) is 5.91 Å². The maximum atomic E-state index is 12.3. The van der Waals surface area contributed by atoms with Crippen molar-refractivity contribution in [3.63, 3.8) is 0 Å². The van der Waals surface area contributed by atoms with Crippen molar-refractivity contribution in [1.29, 1.82) is 5.26 Å². The van der Waals surface area contributed by atoms with E-state index in [0.717, 1.165) is 0 Å². The van der Waals surface area contributed by atoms with Gasteiger partial charge in [0.15, 0.2) is 11.5 Å². The normalized spacial score (nSPS) is 10.3. The molecule has 30 heavy (non-hydrogen) atoms. The summed E-state index contributed by atoms with van der Waals surface area (Å²) in [6, 6.07) is 11.5. The van der Waals surface area contributed by atoms with Crippen molar-refractivity contribution in [3.8, 4) is 17.6 Å². The average molecular weight is 431 g/mol. The molecule has 1 N–H and O–H groups in total. The second-order valence-electron chi connectivity index (χ2n) is 6.79. The molecule has 0 unspecified atom stereocenters. The van der Waals surface area contributed by atoms with Gasteiger partial charge in [-0.1, -0.05) is 37.6 Å². The van der Waals surface area contributed by atoms with Crippen molar-refractivity contribution >= 4 is 29.2 Å². The van der Waals surface area contributed by atoms with Crippen LogP contribution in [-0.4, -0.2) is 32.2 Å². The first-order valence-corrected chi connectivity index (χ1v) is 9.70. The standard InChI is InChI=1S/C22H23ClN2O5/c1-14(2)13-30-21-17(23)10-16(11-19(21)28-3)22(27)29-9-8-20(26)25-18-7-5-4-6-15(18)12-24/h4-7,10-11,14H,8-9,13H2,1-3H3,(H,25,26). The van der Waals surface area contributed by atoms with Crippen LogP contribution in [0.2, 0.25) is 5.02 Å². The smallest absolute Gasteiger partial charge is 0.338 e. The van der Waals surface area contributed by atoms with Crippen molar-refractivity contribution in [1.82, 2.24) is 0 Å². The second kappa shape index (κ2) is 11.1. The summed E-state index contributed by atoms with van der Waals surface area (Å²) in [5, 5.41) is 11.9. The maximum Gasteiger partial charge on any atom is 0.338 e. The lowest BCUT2D eigenvalue weighted by atomic mass is 10.2. The number of para-hydroxylation sites is 1. The maximum absolute atomic E-state index is 12.3. The zero-order valence-electron chi connectivity index (χ0n) is 17.0. The van der Waals surface area contributed by atoms with Gasteiger partial charge in [-0.25, -0.2) is 4.79 Å². The van der Waals surface area contributed by atoms with E-state index in [4.69, 9.17) is 31.1 Å². The molecule has 0 aliphatic carbocycles. The number of nitriles is 1. The average Bonchev–Trinajstić information content (AvgIpc) is 2.72. The Bertz CT molecular complexity index is 953. The van der Waals surface area contributed by atoms with E-state index in [-0.39, 0.29) is 29.5 Å². The number of rotatable bonds is 9. The highest BCUT2D eigenvalue weighted by molar-refractivity contribution is 6.32. The minimum atomic E-state index is -0.643. The van der Waals surface area contributed by atoms with Crippen LogP contribution < -0.4 is 14.8 Å². The third-order valence-electron chi connectivity index (χ3n) is 3.91. The highest BCUT2D eigenvalue weighted by Crippen LogP contribution is 2.37. The molecule has 7 nitrogen and oxygen atoms in total. The van der Waals surface area contributed by atoms with Gasteiger partial charge in [0.05, 0.1) is 42.0 Å². The number of methoxy groups -OCH3 is 1. The van der Waals surface area contributed by atoms with Crippen LogP contribution in [0.3, 0.4) is 0 Å². The predicted molar refractivity (Wildman–Crippen MR) is 113 cm³/mol. The summed E-state index contributed by atoms with van der Waals surface area (Å²) in [7, 11) is 1.45. The van der Waals surface area contributed by atoms with E-state index in [0.29, 0.717) is 35.3 Å². The first-order chi connectivity index (χ1) is 14.3. The number of hydrogen-bond donors (Lipinski definition) is 1. The van der Waals surface area contributed by atoms with Gasteiger partial charge < -0.3 is 19.5 Å². The minimum Gasteiger partial charge on any atom is -0.493 e. The fourth-order valence-electron chi connectivity index (χ4n) is 2.45. The van der Waals surface area contributed by atoms with Gasteiger partial charge in [-0.05, 0) is 30.2 Å². The zero-order chi connectivity index (χ0) is 22.1. The van der Waals surface area contributed by atoms with Crippen LogP contribution in [0, 0.1) is 17.2 Å². The van der Waals surface area contributed by atoms with Crippen LogP contribution in [0.5, 0.6) is 11.5 Å². The van der Waals surface area contributed by atoms with Crippen molar-refractivity contribution < 1.29 is 23.8 Å². The molecule has 158 valence electrons. The monoisotopic (exact) mass is 430 g/mol. The molecule has 0 bridgehead atoms. The number of anilines is 1. The summed E-state index contributed by atoms with van der Waals surface area (Å²) in [6.07, 6.45) is -0.0635. The highest BCUT2D eigenvalue weighted by Gasteiger charge is 2.18. The Morgan fingerprint density at radius 1 is 1.23 bits per heavy atom. The lowest BCUT2D eigenvalue weighted by Crippen LogP contribution is -2.17. The number of amides is 1. The van der Waals surface area contributed by atoms with E-state index >= 15 is 0 Å². The van der Waals surface area contributed by atoms with E-state index in [9.17, 15) is 9.59 Å². The molecule has 0 fully saturated rings. The number of benzene rings is 2. The third kappa shape index (κ3) is 6.39. The molecule has 0 radical (unpaired) electrons. The molecular formula is C22H23ClN2O5. The number of halogens is 1. The van der Waals surface area contributed by atoms with Gasteiger partial charge in [0, 0.05) is 0 Å². The summed E-state index contributed by atoms with van der Waals surface area (Å²) in [5.41, 5.74) is 0.943. The molecule has 0 heterocycles. The second-order valence-corrected chi connectivity index (χ2v) is 7.19. The number of carbonyl (C=O) groups excluding carboxylic acids is 2. The molecule has 2 rings (SSSR count). The van der Waals surface area contributed by atoms with Gasteiger partial charge in [-0.2, -0.15) is 5.26 Å². The number of nitrogens with zero attached hydrogens (tertiary/aromatic N) is 1. The van der Waals surface area contributed by atoms with Crippen LogP contribution >= 0.6 is 11.6 Å². The number of carbonyl (C=O) groups is 2. The van der Waals surface area contributed by atoms with Gasteiger partial charge in [-0.3, -0.25) is 4.79 Å². The Morgan fingerprint density at radius 2 is 1.97 bits per heavy atom. The van der Waals surface area contributed by atoms with Crippen molar-refractivity contribution in [2.45, 2.75) is 20.3 Å². The van der Waals surface area contributed by atoms with E-state index in [1.807, 2.05) is 19.9 Å². The summed E-state index contributed by atoms with van der Waals surface area (Å²) >= 11 is 6.24. The largest absolute Gasteiger partial charge is 0.493 e. The zero-order valence-corrected chi connectivity index (χ0v) is 17.8. The first-order valence-electron chi connectivity index (χ1n) is 9.32. The summed E-state index contributed by atoms with van der Waals surface area (Å²) < 4.78 is 16.1. The lowest BCUT2D eigenvalue weighted by molar-refractivity contribution is -0.116. The molecule has 0 atom stereocenters. The fraction of sp³-hybridized carbons (Fsp3) is 0.318. The Kier molecular flexibility index (Phi) is 8.51. The minimum absolute atomic E-state index is 0.0635. The van der Waals surface area contributed by atoms with Crippen molar-refractivity contribution in [3.05, 3.63) is 52.5 Å². The van der Waals surface area contributed by atoms with Gasteiger partial charge in [-0.15, -0.1) is 0 Å². The van der Waals surface area contributed by atoms with Crippen LogP contribution in [-0.2, 0) is 9.53 Å². The van der Waals surface area contributed by atoms with Crippen LogP contribution in [0.1, 0.15) is 36.2 Å². The Morgan fingerprint density at radius 3 is 2.63 bits per heavy atom. The van der Waals surface area contributed by atoms with Crippen LogP contribution in [0.4, 0.5) is 5.69 Å². The Labute approximate surface area is 180 Å². The number of esters is 1. The topological polar surface area (TPSA) is 97.6 Å². The SMILES string of the molecule is COc1cc(C(=O)OCCC(=O)Nc2ccccc2C#N)cc(Cl)c1OCC(C)C. The molecule has 2 aromatic carbocycles. The summed E-state index contributed by atoms with van der Waals surface area (Å²) in [4.78, 5) is 24.4. The van der Waals surface area contributed by atoms with Crippen molar-refractivity contribution in [2.75, 3.05) is 25.6 Å². The fourth-order valence-corrected chi connectivity index (χ4v) is 2.72. The van der Waals surface area contributed by atoms with E-state index in [2.05, 4.69) is 5.32 Å². The van der Waals surface area contributed by atoms with E-state index in [1.165, 1.54) is 19.2 Å². The molecule has 0 aromatic heterocycles. The third-order valence-corrected chi connectivity index (χ3v) is 4.19. The van der Waals surface area contributed by atoms with Gasteiger partial charge in [0.1, 0.15) is 12.7 Å². The van der Waals surface area contributed by atoms with E-state index in [1.54, 1.807) is 24.3 Å². The number of hydrogen-bond acceptors (Lipinski definition) is 6. The molecule has 1 amide bonds. The molecular weight excluding hydrogens is 408 g/mol. The Hall–Kier alpha value is -3.24. The lowest BCUT2D eigenvalue weighted by Gasteiger charge is -2.15. The molecule has 8 heteroatoms.